The summed E-state index contributed by atoms with van der Waals surface area (Å²) in [5.74, 6) is 0. The van der Waals surface area contributed by atoms with E-state index >= 15 is 0 Å². The molecule has 27 heavy (non-hydrogen) atoms. The lowest BCUT2D eigenvalue weighted by Gasteiger charge is -2.08. The van der Waals surface area contributed by atoms with Crippen LogP contribution in [0.5, 0.6) is 0 Å². The van der Waals surface area contributed by atoms with Crippen LogP contribution in [0.15, 0.2) is 0 Å². The topological polar surface area (TPSA) is 66.8 Å². The predicted octanol–water partition coefficient (Wildman–Crippen LogP) is 6.25. The molecule has 0 saturated heterocycles. The Hall–Kier alpha value is -0.170. The second-order valence-electron chi connectivity index (χ2n) is 7.65. The van der Waals surface area contributed by atoms with Crippen LogP contribution in [0.4, 0.5) is 0 Å². The average molecular weight is 410 g/mol. The van der Waals surface area contributed by atoms with Crippen molar-refractivity contribution in [2.45, 2.75) is 110 Å². The van der Waals surface area contributed by atoms with Gasteiger partial charge in [0.25, 0.3) is 0 Å². The summed E-state index contributed by atoms with van der Waals surface area (Å²) >= 11 is 0. The standard InChI is InChI=1S/C11H25N.C10H22O4S/c1-4-5-6-7-8-9-10-11-12(2)3;1-2-3-4-5-6-7-8-9-10-14-15(11,12)13/h4-11H2,1-3H3;2-10H2,1H3,(H,11,12,13). The number of hydrogen-bond donors (Lipinski definition) is 1. The lowest BCUT2D eigenvalue weighted by Crippen LogP contribution is -2.12. The van der Waals surface area contributed by atoms with Gasteiger partial charge in [0, 0.05) is 0 Å². The molecule has 0 aliphatic rings. The molecule has 0 amide bonds. The quantitative estimate of drug-likeness (QED) is 0.214. The summed E-state index contributed by atoms with van der Waals surface area (Å²) in [5, 5.41) is 0. The molecule has 0 fully saturated rings. The van der Waals surface area contributed by atoms with E-state index in [2.05, 4.69) is 37.0 Å². The molecular weight excluding hydrogens is 362 g/mol. The molecule has 1 N–H and O–H groups in total. The fraction of sp³-hybridized carbons (Fsp3) is 1.00. The van der Waals surface area contributed by atoms with E-state index in [1.807, 2.05) is 0 Å². The summed E-state index contributed by atoms with van der Waals surface area (Å²) in [4.78, 5) is 2.27. The Kier molecular flexibility index (Phi) is 23.8. The molecule has 0 bridgehead atoms. The Morgan fingerprint density at radius 1 is 0.667 bits per heavy atom. The van der Waals surface area contributed by atoms with Gasteiger partial charge in [-0.25, -0.2) is 4.18 Å². The van der Waals surface area contributed by atoms with Crippen molar-refractivity contribution in [2.24, 2.45) is 0 Å². The van der Waals surface area contributed by atoms with E-state index in [4.69, 9.17) is 4.55 Å². The summed E-state index contributed by atoms with van der Waals surface area (Å²) in [6, 6.07) is 0. The van der Waals surface area contributed by atoms with E-state index < -0.39 is 10.4 Å². The van der Waals surface area contributed by atoms with Crippen LogP contribution in [0.2, 0.25) is 0 Å². The maximum absolute atomic E-state index is 10.2. The summed E-state index contributed by atoms with van der Waals surface area (Å²) in [6.45, 7) is 5.81. The minimum atomic E-state index is -4.23. The molecule has 5 nitrogen and oxygen atoms in total. The second-order valence-corrected chi connectivity index (χ2v) is 8.74. The van der Waals surface area contributed by atoms with Crippen LogP contribution >= 0.6 is 0 Å². The van der Waals surface area contributed by atoms with Crippen molar-refractivity contribution in [3.05, 3.63) is 0 Å². The van der Waals surface area contributed by atoms with Crippen molar-refractivity contribution in [2.75, 3.05) is 27.2 Å². The van der Waals surface area contributed by atoms with E-state index in [1.54, 1.807) is 0 Å². The van der Waals surface area contributed by atoms with Gasteiger partial charge in [-0.2, -0.15) is 8.42 Å². The van der Waals surface area contributed by atoms with Crippen LogP contribution in [0, 0.1) is 0 Å². The predicted molar refractivity (Wildman–Crippen MR) is 117 cm³/mol. The Labute approximate surface area is 170 Å². The van der Waals surface area contributed by atoms with Crippen LogP contribution in [-0.4, -0.2) is 45.1 Å². The zero-order valence-corrected chi connectivity index (χ0v) is 19.4. The van der Waals surface area contributed by atoms with Crippen molar-refractivity contribution in [3.8, 4) is 0 Å². The molecule has 166 valence electrons. The van der Waals surface area contributed by atoms with Crippen LogP contribution in [0.25, 0.3) is 0 Å². The fourth-order valence-corrected chi connectivity index (χ4v) is 3.11. The summed E-state index contributed by atoms with van der Waals surface area (Å²) in [6.07, 6.45) is 19.0. The molecule has 0 atom stereocenters. The Bertz CT molecular complexity index is 372. The van der Waals surface area contributed by atoms with Gasteiger partial charge >= 0.3 is 10.4 Å². The van der Waals surface area contributed by atoms with Gasteiger partial charge in [0.15, 0.2) is 0 Å². The smallest absolute Gasteiger partial charge is 0.309 e. The Morgan fingerprint density at radius 2 is 1.04 bits per heavy atom. The number of nitrogens with zero attached hydrogens (tertiary/aromatic N) is 1. The van der Waals surface area contributed by atoms with E-state index in [0.717, 1.165) is 12.8 Å². The van der Waals surface area contributed by atoms with Crippen molar-refractivity contribution in [1.29, 1.82) is 0 Å². The van der Waals surface area contributed by atoms with Crippen molar-refractivity contribution >= 4 is 10.4 Å². The van der Waals surface area contributed by atoms with E-state index in [-0.39, 0.29) is 6.61 Å². The van der Waals surface area contributed by atoms with Crippen LogP contribution in [0.3, 0.4) is 0 Å². The lowest BCUT2D eigenvalue weighted by atomic mass is 10.1. The van der Waals surface area contributed by atoms with Gasteiger partial charge in [-0.1, -0.05) is 97.3 Å². The molecule has 0 aliphatic carbocycles. The third kappa shape index (κ3) is 33.8. The van der Waals surface area contributed by atoms with Gasteiger partial charge in [0.1, 0.15) is 0 Å². The molecule has 6 heteroatoms. The van der Waals surface area contributed by atoms with Crippen molar-refractivity contribution in [1.82, 2.24) is 4.90 Å². The van der Waals surface area contributed by atoms with Crippen molar-refractivity contribution < 1.29 is 17.2 Å². The van der Waals surface area contributed by atoms with Gasteiger partial charge in [0.2, 0.25) is 0 Å². The molecule has 0 spiro atoms. The van der Waals surface area contributed by atoms with Gasteiger partial charge in [-0.15, -0.1) is 0 Å². The van der Waals surface area contributed by atoms with E-state index in [9.17, 15) is 8.42 Å². The molecule has 0 heterocycles. The molecule has 0 aliphatic heterocycles. The van der Waals surface area contributed by atoms with Crippen LogP contribution in [-0.2, 0) is 14.6 Å². The van der Waals surface area contributed by atoms with Gasteiger partial charge < -0.3 is 4.90 Å². The highest BCUT2D eigenvalue weighted by atomic mass is 32.3. The molecule has 0 aromatic carbocycles. The van der Waals surface area contributed by atoms with E-state index in [0.29, 0.717) is 6.42 Å². The number of rotatable bonds is 18. The van der Waals surface area contributed by atoms with Gasteiger partial charge in [-0.3, -0.25) is 4.55 Å². The monoisotopic (exact) mass is 409 g/mol. The highest BCUT2D eigenvalue weighted by Crippen LogP contribution is 2.08. The lowest BCUT2D eigenvalue weighted by molar-refractivity contribution is 0.261. The minimum Gasteiger partial charge on any atom is -0.309 e. The van der Waals surface area contributed by atoms with Gasteiger partial charge in [0.05, 0.1) is 6.61 Å². The first-order valence-electron chi connectivity index (χ1n) is 11.1. The molecule has 0 unspecified atom stereocenters. The van der Waals surface area contributed by atoms with Crippen LogP contribution < -0.4 is 0 Å². The van der Waals surface area contributed by atoms with Crippen molar-refractivity contribution in [3.63, 3.8) is 0 Å². The summed E-state index contributed by atoms with van der Waals surface area (Å²) in [5.41, 5.74) is 0. The molecule has 0 saturated carbocycles. The molecule has 0 rings (SSSR count). The Morgan fingerprint density at radius 3 is 1.41 bits per heavy atom. The third-order valence-electron chi connectivity index (χ3n) is 4.44. The maximum atomic E-state index is 10.2. The van der Waals surface area contributed by atoms with Gasteiger partial charge in [-0.05, 0) is 33.5 Å². The first-order valence-corrected chi connectivity index (χ1v) is 12.5. The molecule has 0 aromatic rings. The first kappa shape index (κ1) is 29.0. The normalized spacial score (nSPS) is 11.5. The zero-order valence-electron chi connectivity index (χ0n) is 18.5. The molecular formula is C21H47NO4S. The summed E-state index contributed by atoms with van der Waals surface area (Å²) < 4.78 is 32.8. The van der Waals surface area contributed by atoms with Crippen LogP contribution in [0.1, 0.15) is 110 Å². The highest BCUT2D eigenvalue weighted by Gasteiger charge is 2.02. The average Bonchev–Trinajstić information content (AvgIpc) is 2.59. The maximum Gasteiger partial charge on any atom is 0.397 e. The molecule has 0 aromatic heterocycles. The highest BCUT2D eigenvalue weighted by molar-refractivity contribution is 7.80. The SMILES string of the molecule is CCCCCCCCCCOS(=O)(=O)O.CCCCCCCCCN(C)C. The Balaban J connectivity index is 0. The first-order chi connectivity index (χ1) is 12.8. The minimum absolute atomic E-state index is 0.0911. The zero-order chi connectivity index (χ0) is 20.8. The number of hydrogen-bond acceptors (Lipinski definition) is 4. The fourth-order valence-electron chi connectivity index (χ4n) is 2.79. The molecule has 0 radical (unpaired) electrons. The largest absolute Gasteiger partial charge is 0.397 e. The third-order valence-corrected chi connectivity index (χ3v) is 4.90. The van der Waals surface area contributed by atoms with E-state index in [1.165, 1.54) is 83.6 Å². The second kappa shape index (κ2) is 22.1. The summed E-state index contributed by atoms with van der Waals surface area (Å²) in [7, 11) is 0.0709. The number of unbranched alkanes of at least 4 members (excludes halogenated alkanes) is 13.